The smallest absolute Gasteiger partial charge is 0.100 e. The fourth-order valence-corrected chi connectivity index (χ4v) is 2.85. The first-order chi connectivity index (χ1) is 4.88. The van der Waals surface area contributed by atoms with E-state index in [9.17, 15) is 0 Å². The van der Waals surface area contributed by atoms with Gasteiger partial charge in [-0.3, -0.25) is 0 Å². The average Bonchev–Trinajstić information content (AvgIpc) is 2.27. The topological polar surface area (TPSA) is 15.8 Å². The monoisotopic (exact) mass is 149 g/mol. The highest BCUT2D eigenvalue weighted by atomic mass is 32.1. The maximum absolute atomic E-state index is 3.22. The van der Waals surface area contributed by atoms with Crippen molar-refractivity contribution >= 4 is 21.6 Å². The van der Waals surface area contributed by atoms with Gasteiger partial charge in [0.05, 0.1) is 0 Å². The van der Waals surface area contributed by atoms with Crippen LogP contribution in [0, 0.1) is 0 Å². The number of aromatic amines is 1. The largest absolute Gasteiger partial charge is 0.353 e. The second kappa shape index (κ2) is 1.30. The van der Waals surface area contributed by atoms with Gasteiger partial charge in [0.25, 0.3) is 0 Å². The van der Waals surface area contributed by atoms with Gasteiger partial charge in [-0.25, -0.2) is 0 Å². The summed E-state index contributed by atoms with van der Waals surface area (Å²) in [7, 11) is 0. The Morgan fingerprint density at radius 3 is 3.40 bits per heavy atom. The second-order valence-electron chi connectivity index (χ2n) is 2.82. The number of hydrogen-bond donors (Lipinski definition) is 1. The molecule has 2 heterocycles. The number of rotatable bonds is 0. The van der Waals surface area contributed by atoms with Gasteiger partial charge in [0.1, 0.15) is 4.83 Å². The van der Waals surface area contributed by atoms with Gasteiger partial charge in [-0.1, -0.05) is 6.92 Å². The summed E-state index contributed by atoms with van der Waals surface area (Å²) >= 11 is 1.90. The molecule has 1 aliphatic carbocycles. The van der Waals surface area contributed by atoms with Crippen molar-refractivity contribution in [3.8, 4) is 0 Å². The van der Waals surface area contributed by atoms with Gasteiger partial charge in [0, 0.05) is 22.4 Å². The molecule has 1 aliphatic rings. The van der Waals surface area contributed by atoms with Crippen LogP contribution in [0.3, 0.4) is 0 Å². The third kappa shape index (κ3) is 0.380. The molecule has 2 aromatic rings. The SMILES string of the molecule is CC1c2sc3[nH]ccc3c21. The lowest BCUT2D eigenvalue weighted by Crippen LogP contribution is -1.61. The van der Waals surface area contributed by atoms with Crippen LogP contribution < -0.4 is 0 Å². The molecule has 0 spiro atoms. The van der Waals surface area contributed by atoms with E-state index in [0.717, 1.165) is 5.92 Å². The minimum absolute atomic E-state index is 0.772. The number of aromatic nitrogens is 1. The van der Waals surface area contributed by atoms with E-state index in [4.69, 9.17) is 0 Å². The zero-order chi connectivity index (χ0) is 6.72. The fourth-order valence-electron chi connectivity index (χ4n) is 1.58. The Hall–Kier alpha value is -0.760. The molecule has 1 unspecified atom stereocenters. The lowest BCUT2D eigenvalue weighted by atomic mass is 10.3. The molecule has 0 bridgehead atoms. The van der Waals surface area contributed by atoms with Crippen molar-refractivity contribution in [1.29, 1.82) is 0 Å². The number of nitrogens with one attached hydrogen (secondary N) is 1. The molecule has 50 valence electrons. The van der Waals surface area contributed by atoms with Crippen molar-refractivity contribution in [2.45, 2.75) is 12.8 Å². The van der Waals surface area contributed by atoms with Gasteiger partial charge >= 0.3 is 0 Å². The first-order valence-corrected chi connectivity index (χ1v) is 4.29. The predicted octanol–water partition coefficient (Wildman–Crippen LogP) is 2.69. The third-order valence-corrected chi connectivity index (χ3v) is 3.55. The molecule has 0 saturated carbocycles. The molecule has 10 heavy (non-hydrogen) atoms. The summed E-state index contributed by atoms with van der Waals surface area (Å²) in [5.74, 6) is 0.772. The Kier molecular flexibility index (Phi) is 0.645. The van der Waals surface area contributed by atoms with Crippen LogP contribution in [0.15, 0.2) is 12.3 Å². The molecule has 2 heteroatoms. The molecule has 0 saturated heterocycles. The van der Waals surface area contributed by atoms with Crippen LogP contribution >= 0.6 is 11.3 Å². The van der Waals surface area contributed by atoms with Crippen molar-refractivity contribution in [2.75, 3.05) is 0 Å². The standard InChI is InChI=1S/C8H7NS/c1-4-6-5-2-3-9-8(5)10-7(4)6/h2-4,9H,1H3. The van der Waals surface area contributed by atoms with Crippen molar-refractivity contribution in [3.63, 3.8) is 0 Å². The predicted molar refractivity (Wildman–Crippen MR) is 43.7 cm³/mol. The summed E-state index contributed by atoms with van der Waals surface area (Å²) in [6, 6.07) is 2.17. The lowest BCUT2D eigenvalue weighted by Gasteiger charge is -1.81. The lowest BCUT2D eigenvalue weighted by molar-refractivity contribution is 1.16. The van der Waals surface area contributed by atoms with Crippen LogP contribution in [-0.2, 0) is 0 Å². The van der Waals surface area contributed by atoms with Gasteiger partial charge in [-0.05, 0) is 11.6 Å². The molecule has 0 radical (unpaired) electrons. The van der Waals surface area contributed by atoms with Crippen LogP contribution in [0.1, 0.15) is 23.3 Å². The Bertz CT molecular complexity index is 396. The molecule has 2 aromatic heterocycles. The van der Waals surface area contributed by atoms with Gasteiger partial charge < -0.3 is 4.98 Å². The van der Waals surface area contributed by atoms with E-state index in [1.165, 1.54) is 10.2 Å². The molecule has 3 rings (SSSR count). The number of thiophene rings is 1. The zero-order valence-electron chi connectivity index (χ0n) is 5.64. The van der Waals surface area contributed by atoms with E-state index in [-0.39, 0.29) is 0 Å². The first-order valence-electron chi connectivity index (χ1n) is 3.47. The van der Waals surface area contributed by atoms with Gasteiger partial charge in [-0.2, -0.15) is 0 Å². The van der Waals surface area contributed by atoms with E-state index in [1.54, 1.807) is 10.4 Å². The highest BCUT2D eigenvalue weighted by Crippen LogP contribution is 2.53. The van der Waals surface area contributed by atoms with E-state index >= 15 is 0 Å². The minimum Gasteiger partial charge on any atom is -0.353 e. The molecular formula is C8H7NS. The second-order valence-corrected chi connectivity index (χ2v) is 3.87. The molecular weight excluding hydrogens is 142 g/mol. The van der Waals surface area contributed by atoms with Crippen LogP contribution in [0.25, 0.3) is 10.2 Å². The maximum atomic E-state index is 3.22. The van der Waals surface area contributed by atoms with E-state index in [0.29, 0.717) is 0 Å². The quantitative estimate of drug-likeness (QED) is 0.592. The van der Waals surface area contributed by atoms with Crippen molar-refractivity contribution < 1.29 is 0 Å². The summed E-state index contributed by atoms with van der Waals surface area (Å²) in [5, 5.41) is 1.45. The van der Waals surface area contributed by atoms with Crippen molar-refractivity contribution in [3.05, 3.63) is 22.7 Å². The molecule has 0 fully saturated rings. The van der Waals surface area contributed by atoms with Gasteiger partial charge in [0.15, 0.2) is 0 Å². The first kappa shape index (κ1) is 4.97. The van der Waals surface area contributed by atoms with Crippen LogP contribution in [-0.4, -0.2) is 4.98 Å². The van der Waals surface area contributed by atoms with Gasteiger partial charge in [-0.15, -0.1) is 11.3 Å². The number of fused-ring (bicyclic) bond motifs is 3. The Balaban J connectivity index is 2.51. The fraction of sp³-hybridized carbons (Fsp3) is 0.250. The Labute approximate surface area is 62.7 Å². The van der Waals surface area contributed by atoms with Crippen LogP contribution in [0.4, 0.5) is 0 Å². The summed E-state index contributed by atoms with van der Waals surface area (Å²) < 4.78 is 0. The highest BCUT2D eigenvalue weighted by Gasteiger charge is 2.33. The Morgan fingerprint density at radius 2 is 2.50 bits per heavy atom. The normalized spacial score (nSPS) is 21.5. The van der Waals surface area contributed by atoms with Crippen LogP contribution in [0.2, 0.25) is 0 Å². The number of hydrogen-bond acceptors (Lipinski definition) is 1. The molecule has 0 aromatic carbocycles. The van der Waals surface area contributed by atoms with Crippen molar-refractivity contribution in [2.24, 2.45) is 0 Å². The van der Waals surface area contributed by atoms with E-state index in [2.05, 4.69) is 18.0 Å². The zero-order valence-corrected chi connectivity index (χ0v) is 6.46. The summed E-state index contributed by atoms with van der Waals surface area (Å²) in [6.07, 6.45) is 2.02. The van der Waals surface area contributed by atoms with Gasteiger partial charge in [0.2, 0.25) is 0 Å². The average molecular weight is 149 g/mol. The molecule has 1 N–H and O–H groups in total. The Morgan fingerprint density at radius 1 is 1.60 bits per heavy atom. The van der Waals surface area contributed by atoms with E-state index < -0.39 is 0 Å². The van der Waals surface area contributed by atoms with E-state index in [1.807, 2.05) is 17.5 Å². The minimum atomic E-state index is 0.772. The molecule has 0 aliphatic heterocycles. The van der Waals surface area contributed by atoms with Crippen LogP contribution in [0.5, 0.6) is 0 Å². The molecule has 1 atom stereocenters. The summed E-state index contributed by atoms with van der Waals surface area (Å²) in [5.41, 5.74) is 1.58. The highest BCUT2D eigenvalue weighted by molar-refractivity contribution is 7.19. The van der Waals surface area contributed by atoms with Crippen molar-refractivity contribution in [1.82, 2.24) is 4.98 Å². The molecule has 1 nitrogen and oxygen atoms in total. The summed E-state index contributed by atoms with van der Waals surface area (Å²) in [4.78, 5) is 6.16. The summed E-state index contributed by atoms with van der Waals surface area (Å²) in [6.45, 7) is 2.27. The maximum Gasteiger partial charge on any atom is 0.100 e. The third-order valence-electron chi connectivity index (χ3n) is 2.22. The molecule has 0 amide bonds. The number of H-pyrrole nitrogens is 1.